The van der Waals surface area contributed by atoms with Gasteiger partial charge in [0.15, 0.2) is 0 Å². The van der Waals surface area contributed by atoms with Gasteiger partial charge in [-0.3, -0.25) is 0 Å². The molecule has 0 aliphatic rings. The van der Waals surface area contributed by atoms with Crippen molar-refractivity contribution in [1.29, 1.82) is 0 Å². The van der Waals surface area contributed by atoms with Crippen LogP contribution in [-0.2, 0) is 6.42 Å². The monoisotopic (exact) mass is 270 g/mol. The Hall–Kier alpha value is -2.16. The zero-order valence-corrected chi connectivity index (χ0v) is 12.2. The molecule has 0 atom stereocenters. The standard InChI is InChI=1S/C17H22N2O/c1-19(10-6-9-14-7-4-3-5-8-14)16-11-15(18)12-17(13-16)20-2/h3-5,7-8,11-13H,6,9-10,18H2,1-2H3. The highest BCUT2D eigenvalue weighted by Gasteiger charge is 2.04. The van der Waals surface area contributed by atoms with Crippen molar-refractivity contribution in [1.82, 2.24) is 0 Å². The zero-order chi connectivity index (χ0) is 14.4. The Bertz CT molecular complexity index is 540. The van der Waals surface area contributed by atoms with Gasteiger partial charge in [0.2, 0.25) is 0 Å². The van der Waals surface area contributed by atoms with Gasteiger partial charge >= 0.3 is 0 Å². The van der Waals surface area contributed by atoms with Crippen LogP contribution >= 0.6 is 0 Å². The van der Waals surface area contributed by atoms with E-state index in [1.54, 1.807) is 7.11 Å². The van der Waals surface area contributed by atoms with Crippen LogP contribution < -0.4 is 15.4 Å². The van der Waals surface area contributed by atoms with E-state index in [4.69, 9.17) is 10.5 Å². The Balaban J connectivity index is 1.91. The van der Waals surface area contributed by atoms with E-state index < -0.39 is 0 Å². The fraction of sp³-hybridized carbons (Fsp3) is 0.294. The molecule has 0 radical (unpaired) electrons. The van der Waals surface area contributed by atoms with E-state index in [-0.39, 0.29) is 0 Å². The van der Waals surface area contributed by atoms with Gasteiger partial charge in [0.05, 0.1) is 7.11 Å². The summed E-state index contributed by atoms with van der Waals surface area (Å²) in [5.41, 5.74) is 9.09. The topological polar surface area (TPSA) is 38.5 Å². The van der Waals surface area contributed by atoms with E-state index in [1.807, 2.05) is 18.2 Å². The fourth-order valence-corrected chi connectivity index (χ4v) is 2.24. The minimum Gasteiger partial charge on any atom is -0.497 e. The van der Waals surface area contributed by atoms with E-state index in [9.17, 15) is 0 Å². The lowest BCUT2D eigenvalue weighted by Gasteiger charge is -2.20. The molecule has 0 aromatic heterocycles. The molecule has 0 fully saturated rings. The van der Waals surface area contributed by atoms with Gasteiger partial charge in [-0.1, -0.05) is 30.3 Å². The van der Waals surface area contributed by atoms with E-state index in [0.717, 1.165) is 36.5 Å². The summed E-state index contributed by atoms with van der Waals surface area (Å²) in [7, 11) is 3.74. The molecule has 2 N–H and O–H groups in total. The summed E-state index contributed by atoms with van der Waals surface area (Å²) >= 11 is 0. The molecular formula is C17H22N2O. The first-order valence-corrected chi connectivity index (χ1v) is 6.88. The van der Waals surface area contributed by atoms with Crippen molar-refractivity contribution >= 4 is 11.4 Å². The summed E-state index contributed by atoms with van der Waals surface area (Å²) in [5, 5.41) is 0. The first-order chi connectivity index (χ1) is 9.69. The number of benzene rings is 2. The number of rotatable bonds is 6. The number of nitrogen functional groups attached to an aromatic ring is 1. The Morgan fingerprint density at radius 3 is 2.55 bits per heavy atom. The third kappa shape index (κ3) is 3.92. The lowest BCUT2D eigenvalue weighted by Crippen LogP contribution is -2.19. The second-order valence-corrected chi connectivity index (χ2v) is 4.98. The van der Waals surface area contributed by atoms with Gasteiger partial charge < -0.3 is 15.4 Å². The molecule has 2 aromatic carbocycles. The number of methoxy groups -OCH3 is 1. The van der Waals surface area contributed by atoms with Crippen LogP contribution in [0.5, 0.6) is 5.75 Å². The van der Waals surface area contributed by atoms with Crippen LogP contribution in [0.15, 0.2) is 48.5 Å². The smallest absolute Gasteiger partial charge is 0.122 e. The molecule has 3 heteroatoms. The molecule has 2 aromatic rings. The quantitative estimate of drug-likeness (QED) is 0.818. The maximum atomic E-state index is 5.89. The summed E-state index contributed by atoms with van der Waals surface area (Å²) in [5.74, 6) is 0.801. The maximum absolute atomic E-state index is 5.89. The molecule has 0 spiro atoms. The van der Waals surface area contributed by atoms with Crippen LogP contribution in [0.25, 0.3) is 0 Å². The first-order valence-electron chi connectivity index (χ1n) is 6.88. The molecule has 106 valence electrons. The molecule has 0 amide bonds. The highest BCUT2D eigenvalue weighted by molar-refractivity contribution is 5.60. The largest absolute Gasteiger partial charge is 0.497 e. The Morgan fingerprint density at radius 2 is 1.85 bits per heavy atom. The van der Waals surface area contributed by atoms with Gasteiger partial charge in [0.25, 0.3) is 0 Å². The van der Waals surface area contributed by atoms with Crippen molar-refractivity contribution in [3.63, 3.8) is 0 Å². The molecule has 3 nitrogen and oxygen atoms in total. The SMILES string of the molecule is COc1cc(N)cc(N(C)CCCc2ccccc2)c1. The Morgan fingerprint density at radius 1 is 1.10 bits per heavy atom. The molecule has 0 aliphatic heterocycles. The summed E-state index contributed by atoms with van der Waals surface area (Å²) < 4.78 is 5.25. The number of hydrogen-bond donors (Lipinski definition) is 1. The number of nitrogens with zero attached hydrogens (tertiary/aromatic N) is 1. The second kappa shape index (κ2) is 6.85. The van der Waals surface area contributed by atoms with Crippen LogP contribution in [0.1, 0.15) is 12.0 Å². The van der Waals surface area contributed by atoms with Crippen LogP contribution in [0.3, 0.4) is 0 Å². The lowest BCUT2D eigenvalue weighted by molar-refractivity contribution is 0.415. The summed E-state index contributed by atoms with van der Waals surface area (Å²) in [4.78, 5) is 2.21. The molecule has 0 bridgehead atoms. The molecule has 0 saturated carbocycles. The van der Waals surface area contributed by atoms with Crippen molar-refractivity contribution in [3.8, 4) is 5.75 Å². The average Bonchev–Trinajstić information content (AvgIpc) is 2.47. The molecular weight excluding hydrogens is 248 g/mol. The van der Waals surface area contributed by atoms with E-state index in [1.165, 1.54) is 5.56 Å². The number of hydrogen-bond acceptors (Lipinski definition) is 3. The summed E-state index contributed by atoms with van der Waals surface area (Å²) in [6.45, 7) is 0.988. The first kappa shape index (κ1) is 14.3. The number of nitrogens with two attached hydrogens (primary N) is 1. The highest BCUT2D eigenvalue weighted by Crippen LogP contribution is 2.24. The van der Waals surface area contributed by atoms with Crippen molar-refractivity contribution in [2.75, 3.05) is 31.3 Å². The van der Waals surface area contributed by atoms with Gasteiger partial charge in [0, 0.05) is 37.1 Å². The van der Waals surface area contributed by atoms with E-state index in [0.29, 0.717) is 0 Å². The molecule has 0 saturated heterocycles. The van der Waals surface area contributed by atoms with Crippen LogP contribution in [0.4, 0.5) is 11.4 Å². The van der Waals surface area contributed by atoms with Crippen LogP contribution in [-0.4, -0.2) is 20.7 Å². The lowest BCUT2D eigenvalue weighted by atomic mass is 10.1. The molecule has 20 heavy (non-hydrogen) atoms. The minimum absolute atomic E-state index is 0.731. The van der Waals surface area contributed by atoms with Gasteiger partial charge in [-0.2, -0.15) is 0 Å². The van der Waals surface area contributed by atoms with Crippen LogP contribution in [0, 0.1) is 0 Å². The third-order valence-corrected chi connectivity index (χ3v) is 3.39. The van der Waals surface area contributed by atoms with Crippen molar-refractivity contribution < 1.29 is 4.74 Å². The van der Waals surface area contributed by atoms with Crippen molar-refractivity contribution in [3.05, 3.63) is 54.1 Å². The third-order valence-electron chi connectivity index (χ3n) is 3.39. The van der Waals surface area contributed by atoms with Gasteiger partial charge in [-0.05, 0) is 24.5 Å². The predicted molar refractivity (Wildman–Crippen MR) is 85.4 cm³/mol. The summed E-state index contributed by atoms with van der Waals surface area (Å²) in [6, 6.07) is 16.4. The predicted octanol–water partition coefficient (Wildman–Crippen LogP) is 3.35. The van der Waals surface area contributed by atoms with E-state index in [2.05, 4.69) is 42.3 Å². The Kier molecular flexibility index (Phi) is 4.88. The normalized spacial score (nSPS) is 10.3. The average molecular weight is 270 g/mol. The number of anilines is 2. The molecule has 0 heterocycles. The minimum atomic E-state index is 0.731. The van der Waals surface area contributed by atoms with Crippen LogP contribution in [0.2, 0.25) is 0 Å². The van der Waals surface area contributed by atoms with E-state index >= 15 is 0 Å². The van der Waals surface area contributed by atoms with Crippen molar-refractivity contribution in [2.24, 2.45) is 0 Å². The molecule has 0 unspecified atom stereocenters. The maximum Gasteiger partial charge on any atom is 0.122 e. The zero-order valence-electron chi connectivity index (χ0n) is 12.2. The Labute approximate surface area is 121 Å². The summed E-state index contributed by atoms with van der Waals surface area (Å²) in [6.07, 6.45) is 2.20. The second-order valence-electron chi connectivity index (χ2n) is 4.98. The fourth-order valence-electron chi connectivity index (χ4n) is 2.24. The van der Waals surface area contributed by atoms with Gasteiger partial charge in [0.1, 0.15) is 5.75 Å². The highest BCUT2D eigenvalue weighted by atomic mass is 16.5. The van der Waals surface area contributed by atoms with Gasteiger partial charge in [-0.25, -0.2) is 0 Å². The molecule has 2 rings (SSSR count). The number of ether oxygens (including phenoxy) is 1. The number of aryl methyl sites for hydroxylation is 1. The van der Waals surface area contributed by atoms with Crippen molar-refractivity contribution in [2.45, 2.75) is 12.8 Å². The molecule has 0 aliphatic carbocycles. The van der Waals surface area contributed by atoms with Gasteiger partial charge in [-0.15, -0.1) is 0 Å².